The van der Waals surface area contributed by atoms with Crippen molar-refractivity contribution >= 4 is 0 Å². The van der Waals surface area contributed by atoms with E-state index in [1.807, 2.05) is 12.1 Å². The van der Waals surface area contributed by atoms with Crippen LogP contribution in [0.3, 0.4) is 0 Å². The van der Waals surface area contributed by atoms with Gasteiger partial charge in [-0.1, -0.05) is 33.1 Å². The van der Waals surface area contributed by atoms with Crippen molar-refractivity contribution in [3.8, 4) is 5.75 Å². The molecule has 0 aliphatic carbocycles. The average molecular weight is 236 g/mol. The number of aromatic nitrogens is 1. The summed E-state index contributed by atoms with van der Waals surface area (Å²) in [5.41, 5.74) is 6.83. The summed E-state index contributed by atoms with van der Waals surface area (Å²) in [6, 6.07) is 3.95. The van der Waals surface area contributed by atoms with Crippen LogP contribution in [0.25, 0.3) is 0 Å². The van der Waals surface area contributed by atoms with E-state index in [0.717, 1.165) is 30.9 Å². The van der Waals surface area contributed by atoms with Gasteiger partial charge >= 0.3 is 0 Å². The average Bonchev–Trinajstić information content (AvgIpc) is 2.38. The van der Waals surface area contributed by atoms with Gasteiger partial charge in [0.2, 0.25) is 0 Å². The standard InChI is InChI=1S/C14H24N2O/c1-3-5-6-7-10-17-12-8-9-14(16-11-12)13(15)4-2/h8-9,11,13H,3-7,10,15H2,1-2H3/t13-/m1/s1. The molecule has 1 rings (SSSR count). The lowest BCUT2D eigenvalue weighted by atomic mass is 10.1. The molecule has 96 valence electrons. The Balaban J connectivity index is 2.30. The molecule has 3 nitrogen and oxygen atoms in total. The molecule has 0 aromatic carbocycles. The normalized spacial score (nSPS) is 12.4. The topological polar surface area (TPSA) is 48.1 Å². The van der Waals surface area contributed by atoms with E-state index in [1.54, 1.807) is 6.20 Å². The Morgan fingerprint density at radius 2 is 2.06 bits per heavy atom. The molecule has 1 atom stereocenters. The van der Waals surface area contributed by atoms with Crippen LogP contribution >= 0.6 is 0 Å². The number of pyridine rings is 1. The fraction of sp³-hybridized carbons (Fsp3) is 0.643. The lowest BCUT2D eigenvalue weighted by Crippen LogP contribution is -2.10. The van der Waals surface area contributed by atoms with E-state index in [4.69, 9.17) is 10.5 Å². The van der Waals surface area contributed by atoms with Crippen molar-refractivity contribution in [3.63, 3.8) is 0 Å². The second-order valence-corrected chi connectivity index (χ2v) is 4.34. The highest BCUT2D eigenvalue weighted by Gasteiger charge is 2.04. The Morgan fingerprint density at radius 3 is 2.65 bits per heavy atom. The molecule has 1 heterocycles. The maximum absolute atomic E-state index is 5.90. The van der Waals surface area contributed by atoms with Crippen LogP contribution in [0.15, 0.2) is 18.3 Å². The van der Waals surface area contributed by atoms with Crippen molar-refractivity contribution < 1.29 is 4.74 Å². The van der Waals surface area contributed by atoms with Gasteiger partial charge in [0.1, 0.15) is 5.75 Å². The molecular formula is C14H24N2O. The van der Waals surface area contributed by atoms with Gasteiger partial charge in [-0.25, -0.2) is 0 Å². The zero-order chi connectivity index (χ0) is 12.5. The third-order valence-electron chi connectivity index (χ3n) is 2.85. The largest absolute Gasteiger partial charge is 0.492 e. The molecule has 0 amide bonds. The molecule has 0 saturated heterocycles. The lowest BCUT2D eigenvalue weighted by molar-refractivity contribution is 0.303. The summed E-state index contributed by atoms with van der Waals surface area (Å²) >= 11 is 0. The highest BCUT2D eigenvalue weighted by Crippen LogP contribution is 2.15. The minimum absolute atomic E-state index is 0.0357. The molecular weight excluding hydrogens is 212 g/mol. The molecule has 2 N–H and O–H groups in total. The van der Waals surface area contributed by atoms with Crippen LogP contribution in [0.1, 0.15) is 57.7 Å². The SMILES string of the molecule is CCCCCCOc1ccc([C@H](N)CC)nc1. The van der Waals surface area contributed by atoms with Gasteiger partial charge in [-0.2, -0.15) is 0 Å². The quantitative estimate of drug-likeness (QED) is 0.703. The van der Waals surface area contributed by atoms with E-state index in [0.29, 0.717) is 0 Å². The molecule has 0 aliphatic heterocycles. The first-order valence-electron chi connectivity index (χ1n) is 6.62. The van der Waals surface area contributed by atoms with Gasteiger partial charge in [0.15, 0.2) is 0 Å². The molecule has 1 aromatic rings. The summed E-state index contributed by atoms with van der Waals surface area (Å²) in [6.07, 6.45) is 7.57. The van der Waals surface area contributed by atoms with E-state index >= 15 is 0 Å². The number of hydrogen-bond acceptors (Lipinski definition) is 3. The summed E-state index contributed by atoms with van der Waals surface area (Å²) in [5.74, 6) is 0.841. The highest BCUT2D eigenvalue weighted by atomic mass is 16.5. The first-order chi connectivity index (χ1) is 8.27. The Morgan fingerprint density at radius 1 is 1.24 bits per heavy atom. The summed E-state index contributed by atoms with van der Waals surface area (Å²) in [5, 5.41) is 0. The summed E-state index contributed by atoms with van der Waals surface area (Å²) in [6.45, 7) is 5.05. The highest BCUT2D eigenvalue weighted by molar-refractivity contribution is 5.21. The van der Waals surface area contributed by atoms with Gasteiger partial charge in [-0.05, 0) is 25.0 Å². The van der Waals surface area contributed by atoms with Crippen LogP contribution in [0, 0.1) is 0 Å². The molecule has 0 spiro atoms. The third-order valence-corrected chi connectivity index (χ3v) is 2.85. The van der Waals surface area contributed by atoms with E-state index < -0.39 is 0 Å². The second kappa shape index (κ2) is 8.07. The van der Waals surface area contributed by atoms with Gasteiger partial charge in [0, 0.05) is 6.04 Å². The van der Waals surface area contributed by atoms with Crippen molar-refractivity contribution in [2.24, 2.45) is 5.73 Å². The van der Waals surface area contributed by atoms with Crippen LogP contribution in [-0.4, -0.2) is 11.6 Å². The monoisotopic (exact) mass is 236 g/mol. The molecule has 3 heteroatoms. The molecule has 17 heavy (non-hydrogen) atoms. The minimum Gasteiger partial charge on any atom is -0.492 e. The first kappa shape index (κ1) is 14.0. The zero-order valence-electron chi connectivity index (χ0n) is 11.0. The van der Waals surface area contributed by atoms with E-state index in [9.17, 15) is 0 Å². The summed E-state index contributed by atoms with van der Waals surface area (Å²) < 4.78 is 5.62. The number of ether oxygens (including phenoxy) is 1. The van der Waals surface area contributed by atoms with E-state index in [1.165, 1.54) is 19.3 Å². The Kier molecular flexibility index (Phi) is 6.63. The number of hydrogen-bond donors (Lipinski definition) is 1. The van der Waals surface area contributed by atoms with Crippen LogP contribution in [0.4, 0.5) is 0 Å². The van der Waals surface area contributed by atoms with Crippen LogP contribution in [0.5, 0.6) is 5.75 Å². The van der Waals surface area contributed by atoms with Crippen LogP contribution in [-0.2, 0) is 0 Å². The second-order valence-electron chi connectivity index (χ2n) is 4.34. The molecule has 0 fully saturated rings. The number of nitrogens with two attached hydrogens (primary N) is 1. The lowest BCUT2D eigenvalue weighted by Gasteiger charge is -2.09. The van der Waals surface area contributed by atoms with Crippen molar-refractivity contribution in [2.45, 2.75) is 52.0 Å². The predicted octanol–water partition coefficient (Wildman–Crippen LogP) is 3.45. The molecule has 0 bridgehead atoms. The van der Waals surface area contributed by atoms with Crippen LogP contribution < -0.4 is 10.5 Å². The van der Waals surface area contributed by atoms with Crippen molar-refractivity contribution in [1.29, 1.82) is 0 Å². The van der Waals surface area contributed by atoms with Crippen LogP contribution in [0.2, 0.25) is 0 Å². The Labute approximate surface area is 104 Å². The van der Waals surface area contributed by atoms with Gasteiger partial charge in [0.05, 0.1) is 18.5 Å². The Bertz CT molecular complexity index is 298. The van der Waals surface area contributed by atoms with Crippen molar-refractivity contribution in [1.82, 2.24) is 4.98 Å². The molecule has 0 aliphatic rings. The zero-order valence-corrected chi connectivity index (χ0v) is 11.0. The first-order valence-corrected chi connectivity index (χ1v) is 6.62. The number of rotatable bonds is 8. The third kappa shape index (κ3) is 5.18. The fourth-order valence-electron chi connectivity index (χ4n) is 1.62. The summed E-state index contributed by atoms with van der Waals surface area (Å²) in [4.78, 5) is 4.31. The van der Waals surface area contributed by atoms with Crippen molar-refractivity contribution in [3.05, 3.63) is 24.0 Å². The van der Waals surface area contributed by atoms with Crippen molar-refractivity contribution in [2.75, 3.05) is 6.61 Å². The predicted molar refractivity (Wildman–Crippen MR) is 71.1 cm³/mol. The molecule has 0 radical (unpaired) electrons. The fourth-order valence-corrected chi connectivity index (χ4v) is 1.62. The van der Waals surface area contributed by atoms with Gasteiger partial charge < -0.3 is 10.5 Å². The smallest absolute Gasteiger partial charge is 0.137 e. The van der Waals surface area contributed by atoms with E-state index in [2.05, 4.69) is 18.8 Å². The summed E-state index contributed by atoms with van der Waals surface area (Å²) in [7, 11) is 0. The number of unbranched alkanes of at least 4 members (excludes halogenated alkanes) is 3. The minimum atomic E-state index is 0.0357. The van der Waals surface area contributed by atoms with Gasteiger partial charge in [0.25, 0.3) is 0 Å². The molecule has 0 unspecified atom stereocenters. The van der Waals surface area contributed by atoms with Gasteiger partial charge in [-0.15, -0.1) is 0 Å². The maximum Gasteiger partial charge on any atom is 0.137 e. The Hall–Kier alpha value is -1.09. The maximum atomic E-state index is 5.90. The molecule has 1 aromatic heterocycles. The van der Waals surface area contributed by atoms with E-state index in [-0.39, 0.29) is 6.04 Å². The van der Waals surface area contributed by atoms with Gasteiger partial charge in [-0.3, -0.25) is 4.98 Å². The molecule has 0 saturated carbocycles. The number of nitrogens with zero attached hydrogens (tertiary/aromatic N) is 1.